The Hall–Kier alpha value is -2.58. The first kappa shape index (κ1) is 17.5. The van der Waals surface area contributed by atoms with Crippen LogP contribution in [0, 0.1) is 5.92 Å². The number of rotatable bonds is 3. The van der Waals surface area contributed by atoms with E-state index in [0.717, 1.165) is 40.9 Å². The van der Waals surface area contributed by atoms with Gasteiger partial charge in [0.25, 0.3) is 5.91 Å². The number of aromatic nitrogens is 2. The van der Waals surface area contributed by atoms with Gasteiger partial charge < -0.3 is 4.74 Å². The SMILES string of the molecule is O=C(Nc1nc(-c2nc3ccccc3s2)cs1)C1=COC2CCCCC2C1=O. The number of carbonyl (C=O) groups is 2. The van der Waals surface area contributed by atoms with E-state index in [1.165, 1.54) is 17.6 Å². The molecule has 2 aromatic heterocycles. The summed E-state index contributed by atoms with van der Waals surface area (Å²) >= 11 is 2.87. The van der Waals surface area contributed by atoms with Crippen LogP contribution in [-0.4, -0.2) is 27.8 Å². The Morgan fingerprint density at radius 3 is 2.93 bits per heavy atom. The van der Waals surface area contributed by atoms with Gasteiger partial charge in [-0.1, -0.05) is 18.6 Å². The number of thiazole rings is 2. The molecule has 142 valence electrons. The number of nitrogens with one attached hydrogen (secondary N) is 1. The van der Waals surface area contributed by atoms with Crippen molar-refractivity contribution in [3.8, 4) is 10.7 Å². The molecule has 0 spiro atoms. The molecule has 1 aromatic carbocycles. The molecule has 28 heavy (non-hydrogen) atoms. The number of hydrogen-bond acceptors (Lipinski definition) is 7. The molecule has 8 heteroatoms. The minimum atomic E-state index is -0.459. The Morgan fingerprint density at radius 1 is 1.18 bits per heavy atom. The lowest BCUT2D eigenvalue weighted by Gasteiger charge is -2.33. The molecule has 2 atom stereocenters. The number of ether oxygens (including phenoxy) is 1. The van der Waals surface area contributed by atoms with Crippen LogP contribution in [0.15, 0.2) is 41.5 Å². The summed E-state index contributed by atoms with van der Waals surface area (Å²) in [6.45, 7) is 0. The number of amides is 1. The summed E-state index contributed by atoms with van der Waals surface area (Å²) in [7, 11) is 0. The fraction of sp³-hybridized carbons (Fsp3) is 0.300. The van der Waals surface area contributed by atoms with Gasteiger partial charge in [0.2, 0.25) is 0 Å². The van der Waals surface area contributed by atoms with Gasteiger partial charge in [-0.05, 0) is 31.4 Å². The summed E-state index contributed by atoms with van der Waals surface area (Å²) in [5.41, 5.74) is 1.73. The third-order valence-corrected chi connectivity index (χ3v) is 6.96. The van der Waals surface area contributed by atoms with Gasteiger partial charge in [0, 0.05) is 5.38 Å². The lowest BCUT2D eigenvalue weighted by atomic mass is 9.80. The van der Waals surface area contributed by atoms with Crippen LogP contribution in [0.3, 0.4) is 0 Å². The highest BCUT2D eigenvalue weighted by Gasteiger charge is 2.39. The molecule has 3 heterocycles. The summed E-state index contributed by atoms with van der Waals surface area (Å²) in [4.78, 5) is 34.4. The molecule has 2 aliphatic rings. The molecule has 1 N–H and O–H groups in total. The third kappa shape index (κ3) is 3.12. The van der Waals surface area contributed by atoms with Crippen LogP contribution in [0.1, 0.15) is 25.7 Å². The molecule has 5 rings (SSSR count). The first-order valence-corrected chi connectivity index (χ1v) is 10.9. The first-order valence-electron chi connectivity index (χ1n) is 9.22. The standard InChI is InChI=1S/C20H17N3O3S2/c24-17-11-5-1-3-7-15(11)26-9-12(17)18(25)23-20-22-14(10-27-20)19-21-13-6-2-4-8-16(13)28-19/h2,4,6,8-11,15H,1,3,5,7H2,(H,22,23,25). The van der Waals surface area contributed by atoms with Crippen molar-refractivity contribution in [3.05, 3.63) is 41.5 Å². The normalized spacial score (nSPS) is 21.7. The summed E-state index contributed by atoms with van der Waals surface area (Å²) in [6, 6.07) is 7.91. The Balaban J connectivity index is 1.33. The van der Waals surface area contributed by atoms with Crippen molar-refractivity contribution < 1.29 is 14.3 Å². The second-order valence-electron chi connectivity index (χ2n) is 6.94. The zero-order chi connectivity index (χ0) is 19.1. The van der Waals surface area contributed by atoms with Crippen molar-refractivity contribution in [1.82, 2.24) is 9.97 Å². The van der Waals surface area contributed by atoms with Crippen LogP contribution in [0.5, 0.6) is 0 Å². The number of para-hydroxylation sites is 1. The average molecular weight is 412 g/mol. The van der Waals surface area contributed by atoms with Gasteiger partial charge in [-0.15, -0.1) is 22.7 Å². The summed E-state index contributed by atoms with van der Waals surface area (Å²) in [5.74, 6) is -0.773. The second kappa shape index (κ2) is 7.10. The fourth-order valence-electron chi connectivity index (χ4n) is 3.71. The quantitative estimate of drug-likeness (QED) is 0.646. The van der Waals surface area contributed by atoms with Crippen LogP contribution >= 0.6 is 22.7 Å². The number of fused-ring (bicyclic) bond motifs is 2. The first-order chi connectivity index (χ1) is 13.7. The Kier molecular flexibility index (Phi) is 4.44. The van der Waals surface area contributed by atoms with E-state index >= 15 is 0 Å². The minimum absolute atomic E-state index is 0.0803. The third-order valence-electron chi connectivity index (χ3n) is 5.15. The number of hydrogen-bond donors (Lipinski definition) is 1. The summed E-state index contributed by atoms with van der Waals surface area (Å²) in [6.07, 6.45) is 4.98. The topological polar surface area (TPSA) is 81.2 Å². The predicted molar refractivity (Wildman–Crippen MR) is 109 cm³/mol. The van der Waals surface area contributed by atoms with Crippen molar-refractivity contribution in [2.45, 2.75) is 31.8 Å². The van der Waals surface area contributed by atoms with Crippen molar-refractivity contribution in [2.75, 3.05) is 5.32 Å². The molecule has 1 aliphatic carbocycles. The van der Waals surface area contributed by atoms with Crippen molar-refractivity contribution in [2.24, 2.45) is 5.92 Å². The molecule has 0 radical (unpaired) electrons. The maximum absolute atomic E-state index is 12.7. The molecule has 1 amide bonds. The number of anilines is 1. The molecule has 1 saturated carbocycles. The molecule has 1 aliphatic heterocycles. The molecule has 0 bridgehead atoms. The molecule has 0 saturated heterocycles. The highest BCUT2D eigenvalue weighted by Crippen LogP contribution is 2.34. The van der Waals surface area contributed by atoms with Gasteiger partial charge >= 0.3 is 0 Å². The fourth-order valence-corrected chi connectivity index (χ4v) is 5.41. The molecule has 3 aromatic rings. The van der Waals surface area contributed by atoms with E-state index in [0.29, 0.717) is 10.8 Å². The highest BCUT2D eigenvalue weighted by molar-refractivity contribution is 7.22. The van der Waals surface area contributed by atoms with E-state index in [2.05, 4.69) is 15.3 Å². The lowest BCUT2D eigenvalue weighted by Crippen LogP contribution is -2.39. The number of ketones is 1. The summed E-state index contributed by atoms with van der Waals surface area (Å²) < 4.78 is 6.75. The molecule has 1 fully saturated rings. The van der Waals surface area contributed by atoms with E-state index in [9.17, 15) is 9.59 Å². The van der Waals surface area contributed by atoms with Gasteiger partial charge in [0.1, 0.15) is 22.4 Å². The van der Waals surface area contributed by atoms with Crippen LogP contribution in [0.4, 0.5) is 5.13 Å². The summed E-state index contributed by atoms with van der Waals surface area (Å²) in [5, 5.41) is 5.85. The number of nitrogens with zero attached hydrogens (tertiary/aromatic N) is 2. The van der Waals surface area contributed by atoms with E-state index in [-0.39, 0.29) is 23.4 Å². The van der Waals surface area contributed by atoms with E-state index in [1.807, 2.05) is 29.6 Å². The average Bonchev–Trinajstić information content (AvgIpc) is 3.35. The van der Waals surface area contributed by atoms with Crippen molar-refractivity contribution >= 4 is 49.7 Å². The Bertz CT molecular complexity index is 1070. The zero-order valence-corrected chi connectivity index (χ0v) is 16.5. The highest BCUT2D eigenvalue weighted by atomic mass is 32.1. The number of Topliss-reactive ketones (excluding diaryl/α,β-unsaturated/α-hetero) is 1. The van der Waals surface area contributed by atoms with E-state index in [1.54, 1.807) is 11.3 Å². The Labute approximate surface area is 169 Å². The molecular formula is C20H17N3O3S2. The smallest absolute Gasteiger partial charge is 0.264 e. The van der Waals surface area contributed by atoms with E-state index in [4.69, 9.17) is 4.74 Å². The van der Waals surface area contributed by atoms with Gasteiger partial charge in [0.15, 0.2) is 10.9 Å². The number of benzene rings is 1. The maximum Gasteiger partial charge on any atom is 0.264 e. The van der Waals surface area contributed by atoms with Crippen molar-refractivity contribution in [1.29, 1.82) is 0 Å². The molecule has 6 nitrogen and oxygen atoms in total. The maximum atomic E-state index is 12.7. The van der Waals surface area contributed by atoms with Crippen molar-refractivity contribution in [3.63, 3.8) is 0 Å². The van der Waals surface area contributed by atoms with Crippen LogP contribution in [0.25, 0.3) is 20.9 Å². The zero-order valence-electron chi connectivity index (χ0n) is 14.9. The van der Waals surface area contributed by atoms with Gasteiger partial charge in [-0.3, -0.25) is 14.9 Å². The predicted octanol–water partition coefficient (Wildman–Crippen LogP) is 4.40. The number of carbonyl (C=O) groups excluding carboxylic acids is 2. The van der Waals surface area contributed by atoms with Crippen LogP contribution in [0.2, 0.25) is 0 Å². The van der Waals surface area contributed by atoms with Gasteiger partial charge in [-0.25, -0.2) is 9.97 Å². The van der Waals surface area contributed by atoms with Crippen LogP contribution < -0.4 is 5.32 Å². The molecular weight excluding hydrogens is 394 g/mol. The van der Waals surface area contributed by atoms with Gasteiger partial charge in [-0.2, -0.15) is 0 Å². The molecule has 2 unspecified atom stereocenters. The minimum Gasteiger partial charge on any atom is -0.496 e. The largest absolute Gasteiger partial charge is 0.496 e. The monoisotopic (exact) mass is 411 g/mol. The lowest BCUT2D eigenvalue weighted by molar-refractivity contribution is -0.129. The van der Waals surface area contributed by atoms with Gasteiger partial charge in [0.05, 0.1) is 22.4 Å². The van der Waals surface area contributed by atoms with E-state index < -0.39 is 5.91 Å². The second-order valence-corrected chi connectivity index (χ2v) is 8.83. The Morgan fingerprint density at radius 2 is 2.04 bits per heavy atom. The van der Waals surface area contributed by atoms with Crippen LogP contribution in [-0.2, 0) is 14.3 Å².